The molecule has 0 N–H and O–H groups in total. The van der Waals surface area contributed by atoms with Crippen LogP contribution in [0.1, 0.15) is 92.9 Å². The Morgan fingerprint density at radius 1 is 0.870 bits per heavy atom. The molecular formula is C20H43NO2. The fourth-order valence-corrected chi connectivity index (χ4v) is 2.43. The summed E-state index contributed by atoms with van der Waals surface area (Å²) < 4.78 is 1.32. The first-order valence-corrected chi connectivity index (χ1v) is 9.63. The number of aliphatic carboxylic acids is 1. The van der Waals surface area contributed by atoms with Crippen molar-refractivity contribution >= 4 is 5.97 Å². The van der Waals surface area contributed by atoms with Gasteiger partial charge in [-0.25, -0.2) is 0 Å². The van der Waals surface area contributed by atoms with Gasteiger partial charge in [0.2, 0.25) is 0 Å². The maximum Gasteiger partial charge on any atom is 0.0784 e. The standard InChI is InChI=1S/C13H30N.C7H14O2/c1-5-8-11-14(4,12-9-6-2)13-10-7-3;1-7(2,3)5-4-6(8)9/h5-13H2,1-4H3;4-5H2,1-3H3,(H,8,9)/q+1;/p-1. The molecule has 3 nitrogen and oxygen atoms in total. The summed E-state index contributed by atoms with van der Waals surface area (Å²) in [6, 6.07) is 0. The Labute approximate surface area is 146 Å². The first-order valence-electron chi connectivity index (χ1n) is 9.63. The lowest BCUT2D eigenvalue weighted by molar-refractivity contribution is -0.910. The van der Waals surface area contributed by atoms with E-state index in [-0.39, 0.29) is 11.8 Å². The zero-order chi connectivity index (χ0) is 18.4. The molecule has 0 aromatic heterocycles. The molecule has 0 atom stereocenters. The van der Waals surface area contributed by atoms with Crippen molar-refractivity contribution in [2.45, 2.75) is 92.9 Å². The molecule has 0 unspecified atom stereocenters. The van der Waals surface area contributed by atoms with Gasteiger partial charge >= 0.3 is 0 Å². The van der Waals surface area contributed by atoms with Crippen LogP contribution >= 0.6 is 0 Å². The summed E-state index contributed by atoms with van der Waals surface area (Å²) in [6.45, 7) is 17.1. The van der Waals surface area contributed by atoms with Crippen LogP contribution < -0.4 is 5.11 Å². The van der Waals surface area contributed by atoms with Crippen molar-refractivity contribution in [2.24, 2.45) is 5.41 Å². The molecule has 0 aliphatic rings. The van der Waals surface area contributed by atoms with E-state index in [0.29, 0.717) is 6.42 Å². The monoisotopic (exact) mass is 329 g/mol. The van der Waals surface area contributed by atoms with Crippen LogP contribution in [0.4, 0.5) is 0 Å². The molecule has 0 aromatic carbocycles. The molecule has 23 heavy (non-hydrogen) atoms. The third-order valence-electron chi connectivity index (χ3n) is 4.23. The Balaban J connectivity index is 0. The predicted octanol–water partition coefficient (Wildman–Crippen LogP) is 4.40. The summed E-state index contributed by atoms with van der Waals surface area (Å²) >= 11 is 0. The first kappa shape index (κ1) is 24.7. The van der Waals surface area contributed by atoms with Crippen LogP contribution in [0.25, 0.3) is 0 Å². The van der Waals surface area contributed by atoms with E-state index < -0.39 is 5.97 Å². The minimum atomic E-state index is -0.954. The number of hydrogen-bond donors (Lipinski definition) is 0. The summed E-state index contributed by atoms with van der Waals surface area (Å²) in [5, 5.41) is 9.93. The van der Waals surface area contributed by atoms with Crippen LogP contribution in [-0.2, 0) is 4.79 Å². The molecule has 3 heteroatoms. The van der Waals surface area contributed by atoms with Gasteiger partial charge in [-0.15, -0.1) is 0 Å². The summed E-state index contributed by atoms with van der Waals surface area (Å²) in [5.41, 5.74) is 0.111. The van der Waals surface area contributed by atoms with E-state index in [1.54, 1.807) is 0 Å². The molecule has 0 saturated heterocycles. The number of rotatable bonds is 11. The first-order chi connectivity index (χ1) is 10.6. The normalized spacial score (nSPS) is 11.8. The van der Waals surface area contributed by atoms with Crippen molar-refractivity contribution < 1.29 is 14.4 Å². The highest BCUT2D eigenvalue weighted by Gasteiger charge is 2.18. The van der Waals surface area contributed by atoms with Crippen LogP contribution in [0.5, 0.6) is 0 Å². The molecule has 0 bridgehead atoms. The second-order valence-corrected chi connectivity index (χ2v) is 8.28. The highest BCUT2D eigenvalue weighted by Crippen LogP contribution is 2.19. The molecule has 140 valence electrons. The van der Waals surface area contributed by atoms with Gasteiger partial charge in [0.15, 0.2) is 0 Å². The van der Waals surface area contributed by atoms with Gasteiger partial charge in [-0.2, -0.15) is 0 Å². The van der Waals surface area contributed by atoms with Crippen LogP contribution in [0.15, 0.2) is 0 Å². The second kappa shape index (κ2) is 13.8. The molecule has 0 aliphatic carbocycles. The number of carbonyl (C=O) groups is 1. The number of carboxylic acid groups (broad SMARTS) is 1. The van der Waals surface area contributed by atoms with Gasteiger partial charge in [0.25, 0.3) is 0 Å². The summed E-state index contributed by atoms with van der Waals surface area (Å²) in [5.74, 6) is -0.954. The highest BCUT2D eigenvalue weighted by molar-refractivity contribution is 5.64. The van der Waals surface area contributed by atoms with Crippen LogP contribution in [0.3, 0.4) is 0 Å². The number of nitrogens with zero attached hydrogens (tertiary/aromatic N) is 1. The van der Waals surface area contributed by atoms with Gasteiger partial charge < -0.3 is 14.4 Å². The molecule has 0 radical (unpaired) electrons. The quantitative estimate of drug-likeness (QED) is 0.527. The van der Waals surface area contributed by atoms with Crippen molar-refractivity contribution in [3.63, 3.8) is 0 Å². The zero-order valence-electron chi connectivity index (χ0n) is 17.0. The number of quaternary nitrogens is 1. The van der Waals surface area contributed by atoms with E-state index in [0.717, 1.165) is 0 Å². The van der Waals surface area contributed by atoms with Gasteiger partial charge in [0.05, 0.1) is 26.7 Å². The molecule has 0 fully saturated rings. The molecule has 0 aromatic rings. The average Bonchev–Trinajstić information content (AvgIpc) is 2.47. The van der Waals surface area contributed by atoms with E-state index in [1.165, 1.54) is 62.6 Å². The van der Waals surface area contributed by atoms with Crippen molar-refractivity contribution in [3.05, 3.63) is 0 Å². The Morgan fingerprint density at radius 2 is 1.22 bits per heavy atom. The SMILES string of the molecule is CC(C)(C)CCC(=O)[O-].CCCC[N+](C)(CCCC)CCCC. The maximum atomic E-state index is 9.93. The molecule has 0 rings (SSSR count). The fourth-order valence-electron chi connectivity index (χ4n) is 2.43. The Hall–Kier alpha value is -0.570. The van der Waals surface area contributed by atoms with Gasteiger partial charge in [-0.3, -0.25) is 0 Å². The van der Waals surface area contributed by atoms with E-state index in [1.807, 2.05) is 20.8 Å². The minimum absolute atomic E-state index is 0.111. The molecule has 0 heterocycles. The number of hydrogen-bond acceptors (Lipinski definition) is 2. The highest BCUT2D eigenvalue weighted by atomic mass is 16.4. The lowest BCUT2D eigenvalue weighted by Crippen LogP contribution is -2.46. The molecule has 0 amide bonds. The molecule has 0 spiro atoms. The minimum Gasteiger partial charge on any atom is -0.550 e. The van der Waals surface area contributed by atoms with Gasteiger partial charge in [0, 0.05) is 5.97 Å². The van der Waals surface area contributed by atoms with Gasteiger partial charge in [0.1, 0.15) is 0 Å². The van der Waals surface area contributed by atoms with Crippen molar-refractivity contribution in [3.8, 4) is 0 Å². The van der Waals surface area contributed by atoms with Crippen molar-refractivity contribution in [1.82, 2.24) is 0 Å². The Kier molecular flexibility index (Phi) is 14.8. The van der Waals surface area contributed by atoms with Crippen molar-refractivity contribution in [2.75, 3.05) is 26.7 Å². The number of unbranched alkanes of at least 4 members (excludes halogenated alkanes) is 3. The summed E-state index contributed by atoms with van der Waals surface area (Å²) in [6.07, 6.45) is 9.06. The fraction of sp³-hybridized carbons (Fsp3) is 0.950. The smallest absolute Gasteiger partial charge is 0.0784 e. The van der Waals surface area contributed by atoms with E-state index in [4.69, 9.17) is 0 Å². The second-order valence-electron chi connectivity index (χ2n) is 8.28. The largest absolute Gasteiger partial charge is 0.550 e. The molecule has 0 saturated carbocycles. The van der Waals surface area contributed by atoms with E-state index in [9.17, 15) is 9.90 Å². The number of carbonyl (C=O) groups excluding carboxylic acids is 1. The summed E-state index contributed by atoms with van der Waals surface area (Å²) in [7, 11) is 2.45. The van der Waals surface area contributed by atoms with Crippen LogP contribution in [0, 0.1) is 5.41 Å². The third-order valence-corrected chi connectivity index (χ3v) is 4.23. The van der Waals surface area contributed by atoms with E-state index in [2.05, 4.69) is 27.8 Å². The van der Waals surface area contributed by atoms with E-state index >= 15 is 0 Å². The number of carboxylic acids is 1. The van der Waals surface area contributed by atoms with Gasteiger partial charge in [-0.1, -0.05) is 60.8 Å². The lowest BCUT2D eigenvalue weighted by atomic mass is 9.91. The molecular weight excluding hydrogens is 286 g/mol. The lowest BCUT2D eigenvalue weighted by Gasteiger charge is -2.34. The topological polar surface area (TPSA) is 40.1 Å². The summed E-state index contributed by atoms with van der Waals surface area (Å²) in [4.78, 5) is 9.93. The molecule has 0 aliphatic heterocycles. The average molecular weight is 330 g/mol. The predicted molar refractivity (Wildman–Crippen MR) is 99.2 cm³/mol. The van der Waals surface area contributed by atoms with Gasteiger partial charge in [-0.05, 0) is 37.5 Å². The van der Waals surface area contributed by atoms with Crippen LogP contribution in [0.2, 0.25) is 0 Å². The van der Waals surface area contributed by atoms with Crippen LogP contribution in [-0.4, -0.2) is 37.1 Å². The van der Waals surface area contributed by atoms with Crippen molar-refractivity contribution in [1.29, 1.82) is 0 Å². The maximum absolute atomic E-state index is 9.93. The Bertz CT molecular complexity index is 260. The Morgan fingerprint density at radius 3 is 1.39 bits per heavy atom. The zero-order valence-corrected chi connectivity index (χ0v) is 17.0. The third kappa shape index (κ3) is 19.4.